The van der Waals surface area contributed by atoms with E-state index < -0.39 is 0 Å². The molecule has 5 aromatic rings. The maximum atomic E-state index is 5.31. The molecule has 0 fully saturated rings. The Kier molecular flexibility index (Phi) is 5.47. The molecule has 32 heavy (non-hydrogen) atoms. The smallest absolute Gasteiger partial charge is 0.141 e. The molecule has 0 saturated carbocycles. The van der Waals surface area contributed by atoms with Crippen LogP contribution in [-0.2, 0) is 6.54 Å². The fraction of sp³-hybridized carbons (Fsp3) is 0.0690. The second-order valence-corrected chi connectivity index (χ2v) is 8.20. The minimum atomic E-state index is 0.758. The van der Waals surface area contributed by atoms with Crippen LogP contribution >= 0.6 is 0 Å². The third kappa shape index (κ3) is 3.78. The van der Waals surface area contributed by atoms with Gasteiger partial charge in [-0.2, -0.15) is 0 Å². The van der Waals surface area contributed by atoms with Crippen molar-refractivity contribution in [3.63, 3.8) is 0 Å². The number of hydrogen-bond donors (Lipinski definition) is 0. The zero-order chi connectivity index (χ0) is 21.9. The first kappa shape index (κ1) is 20.1. The maximum absolute atomic E-state index is 5.31. The van der Waals surface area contributed by atoms with E-state index in [1.807, 2.05) is 0 Å². The second-order valence-electron chi connectivity index (χ2n) is 8.20. The normalized spacial score (nSPS) is 10.9. The molecule has 0 amide bonds. The quantitative estimate of drug-likeness (QED) is 0.349. The second kappa shape index (κ2) is 8.72. The Morgan fingerprint density at radius 1 is 0.688 bits per heavy atom. The predicted molar refractivity (Wildman–Crippen MR) is 137 cm³/mol. The van der Waals surface area contributed by atoms with Gasteiger partial charge in [-0.25, -0.2) is 4.98 Å². The van der Waals surface area contributed by atoms with Gasteiger partial charge >= 0.3 is 0 Å². The third-order valence-corrected chi connectivity index (χ3v) is 5.95. The average molecular weight is 412 g/mol. The van der Waals surface area contributed by atoms with E-state index in [9.17, 15) is 0 Å². The Labute approximate surface area is 190 Å². The average Bonchev–Trinajstić information content (AvgIpc) is 3.19. The van der Waals surface area contributed by atoms with Crippen molar-refractivity contribution < 1.29 is 0 Å². The van der Waals surface area contributed by atoms with E-state index >= 15 is 0 Å². The van der Waals surface area contributed by atoms with Crippen molar-refractivity contribution in [1.82, 2.24) is 9.55 Å². The number of benzene rings is 4. The number of imidazole rings is 1. The van der Waals surface area contributed by atoms with Crippen LogP contribution < -0.4 is 5.46 Å². The van der Waals surface area contributed by atoms with Crippen molar-refractivity contribution in [2.75, 3.05) is 0 Å². The Balaban J connectivity index is 1.85. The van der Waals surface area contributed by atoms with Gasteiger partial charge in [-0.1, -0.05) is 115 Å². The molecule has 0 atom stereocenters. The minimum Gasteiger partial charge on any atom is -0.319 e. The van der Waals surface area contributed by atoms with E-state index in [2.05, 4.69) is 129 Å². The van der Waals surface area contributed by atoms with Gasteiger partial charge in [0.2, 0.25) is 0 Å². The topological polar surface area (TPSA) is 17.8 Å². The number of aromatic nitrogens is 2. The van der Waals surface area contributed by atoms with Crippen molar-refractivity contribution in [1.29, 1.82) is 0 Å². The van der Waals surface area contributed by atoms with E-state index in [0.29, 0.717) is 0 Å². The summed E-state index contributed by atoms with van der Waals surface area (Å²) in [6.45, 7) is 2.93. The van der Waals surface area contributed by atoms with Crippen LogP contribution in [0.2, 0.25) is 0 Å². The summed E-state index contributed by atoms with van der Waals surface area (Å²) in [5.41, 5.74) is 9.42. The summed E-state index contributed by atoms with van der Waals surface area (Å²) < 4.78 is 2.39. The van der Waals surface area contributed by atoms with Crippen LogP contribution in [0.15, 0.2) is 109 Å². The molecular formula is C29H25BN2. The molecule has 1 heterocycles. The SMILES string of the molecule is Bc1cccc(C)c1-c1nc(-c2ccccc2)c(-c2ccccc2)n1Cc1ccccc1. The number of rotatable bonds is 5. The van der Waals surface area contributed by atoms with Crippen LogP contribution in [0.3, 0.4) is 0 Å². The number of aryl methyl sites for hydroxylation is 1. The van der Waals surface area contributed by atoms with E-state index in [-0.39, 0.29) is 0 Å². The van der Waals surface area contributed by atoms with Gasteiger partial charge in [-0.3, -0.25) is 0 Å². The third-order valence-electron chi connectivity index (χ3n) is 5.95. The molecule has 154 valence electrons. The van der Waals surface area contributed by atoms with Crippen LogP contribution in [0.25, 0.3) is 33.9 Å². The van der Waals surface area contributed by atoms with Gasteiger partial charge in [0, 0.05) is 23.2 Å². The van der Waals surface area contributed by atoms with Crippen LogP contribution in [-0.4, -0.2) is 17.4 Å². The van der Waals surface area contributed by atoms with Gasteiger partial charge in [-0.05, 0) is 18.1 Å². The Morgan fingerprint density at radius 2 is 1.28 bits per heavy atom. The Bertz CT molecular complexity index is 1320. The molecule has 0 unspecified atom stereocenters. The summed E-state index contributed by atoms with van der Waals surface area (Å²) in [5.74, 6) is 1.02. The monoisotopic (exact) mass is 412 g/mol. The molecule has 0 radical (unpaired) electrons. The molecule has 0 saturated heterocycles. The zero-order valence-electron chi connectivity index (χ0n) is 18.5. The van der Waals surface area contributed by atoms with Crippen LogP contribution in [0, 0.1) is 6.92 Å². The van der Waals surface area contributed by atoms with Gasteiger partial charge in [0.05, 0.1) is 11.4 Å². The van der Waals surface area contributed by atoms with Gasteiger partial charge in [0.15, 0.2) is 0 Å². The molecule has 0 aliphatic heterocycles. The number of hydrogen-bond acceptors (Lipinski definition) is 1. The summed E-state index contributed by atoms with van der Waals surface area (Å²) in [6.07, 6.45) is 0. The molecule has 1 aromatic heterocycles. The molecular weight excluding hydrogens is 387 g/mol. The van der Waals surface area contributed by atoms with Crippen LogP contribution in [0.4, 0.5) is 0 Å². The summed E-state index contributed by atoms with van der Waals surface area (Å²) in [6, 6.07) is 38.3. The molecule has 3 heteroatoms. The summed E-state index contributed by atoms with van der Waals surface area (Å²) >= 11 is 0. The maximum Gasteiger partial charge on any atom is 0.141 e. The van der Waals surface area contributed by atoms with Gasteiger partial charge < -0.3 is 4.57 Å². The fourth-order valence-corrected chi connectivity index (χ4v) is 4.42. The van der Waals surface area contributed by atoms with Crippen molar-refractivity contribution in [2.45, 2.75) is 13.5 Å². The lowest BCUT2D eigenvalue weighted by atomic mass is 9.87. The van der Waals surface area contributed by atoms with E-state index in [1.54, 1.807) is 0 Å². The first-order valence-corrected chi connectivity index (χ1v) is 11.0. The Morgan fingerprint density at radius 3 is 1.91 bits per heavy atom. The lowest BCUT2D eigenvalue weighted by Gasteiger charge is -2.16. The highest BCUT2D eigenvalue weighted by atomic mass is 15.1. The summed E-state index contributed by atoms with van der Waals surface area (Å²) in [4.78, 5) is 5.31. The molecule has 4 aromatic carbocycles. The first-order valence-electron chi connectivity index (χ1n) is 11.0. The van der Waals surface area contributed by atoms with Gasteiger partial charge in [-0.15, -0.1) is 0 Å². The zero-order valence-corrected chi connectivity index (χ0v) is 18.5. The molecule has 0 aliphatic rings. The lowest BCUT2D eigenvalue weighted by Crippen LogP contribution is -2.13. The largest absolute Gasteiger partial charge is 0.319 e. The molecule has 0 spiro atoms. The van der Waals surface area contributed by atoms with E-state index in [0.717, 1.165) is 29.3 Å². The highest BCUT2D eigenvalue weighted by Crippen LogP contribution is 2.37. The van der Waals surface area contributed by atoms with E-state index in [1.165, 1.54) is 27.7 Å². The highest BCUT2D eigenvalue weighted by Gasteiger charge is 2.22. The molecule has 2 nitrogen and oxygen atoms in total. The Hall–Kier alpha value is -3.85. The van der Waals surface area contributed by atoms with Crippen molar-refractivity contribution in [3.8, 4) is 33.9 Å². The molecule has 5 rings (SSSR count). The standard InChI is InChI=1S/C29H25BN2/c1-21-12-11-19-25(30)26(21)29-31-27(23-15-7-3-8-16-23)28(24-17-9-4-10-18-24)32(29)20-22-13-5-2-6-14-22/h2-19H,20,30H2,1H3. The van der Waals surface area contributed by atoms with Crippen LogP contribution in [0.1, 0.15) is 11.1 Å². The summed E-state index contributed by atoms with van der Waals surface area (Å²) in [5, 5.41) is 0. The number of nitrogens with zero attached hydrogens (tertiary/aromatic N) is 2. The predicted octanol–water partition coefficient (Wildman–Crippen LogP) is 5.50. The molecule has 0 N–H and O–H groups in total. The first-order chi connectivity index (χ1) is 15.7. The van der Waals surface area contributed by atoms with Crippen LogP contribution in [0.5, 0.6) is 0 Å². The van der Waals surface area contributed by atoms with Crippen molar-refractivity contribution in [3.05, 3.63) is 120 Å². The molecule has 0 aliphatic carbocycles. The minimum absolute atomic E-state index is 0.758. The summed E-state index contributed by atoms with van der Waals surface area (Å²) in [7, 11) is 2.17. The van der Waals surface area contributed by atoms with Gasteiger partial charge in [0.25, 0.3) is 0 Å². The van der Waals surface area contributed by atoms with Crippen molar-refractivity contribution in [2.24, 2.45) is 0 Å². The van der Waals surface area contributed by atoms with Gasteiger partial charge in [0.1, 0.15) is 13.7 Å². The molecule has 0 bridgehead atoms. The van der Waals surface area contributed by atoms with E-state index in [4.69, 9.17) is 4.98 Å². The highest BCUT2D eigenvalue weighted by molar-refractivity contribution is 6.36. The lowest BCUT2D eigenvalue weighted by molar-refractivity contribution is 0.814. The fourth-order valence-electron chi connectivity index (χ4n) is 4.42. The van der Waals surface area contributed by atoms with Crippen molar-refractivity contribution >= 4 is 13.3 Å².